The number of rotatable bonds is 45. The van der Waals surface area contributed by atoms with Gasteiger partial charge in [0.2, 0.25) is 5.91 Å². The summed E-state index contributed by atoms with van der Waals surface area (Å²) in [6.45, 7) is 3.83. The lowest BCUT2D eigenvalue weighted by molar-refractivity contribution is -0.302. The number of unbranched alkanes of at least 4 members (excludes halogenated alkanes) is 31. The van der Waals surface area contributed by atoms with Crippen molar-refractivity contribution in [3.05, 3.63) is 24.3 Å². The van der Waals surface area contributed by atoms with E-state index in [4.69, 9.17) is 9.47 Å². The molecule has 62 heavy (non-hydrogen) atoms. The van der Waals surface area contributed by atoms with Crippen LogP contribution in [-0.4, -0.2) is 87.5 Å². The lowest BCUT2D eigenvalue weighted by Crippen LogP contribution is -2.60. The van der Waals surface area contributed by atoms with Crippen LogP contribution < -0.4 is 5.32 Å². The zero-order chi connectivity index (χ0) is 45.1. The Morgan fingerprint density at radius 3 is 1.42 bits per heavy atom. The van der Waals surface area contributed by atoms with Crippen LogP contribution in [0.15, 0.2) is 24.3 Å². The molecular weight excluding hydrogens is 779 g/mol. The van der Waals surface area contributed by atoms with Crippen LogP contribution in [-0.2, 0) is 14.3 Å². The zero-order valence-electron chi connectivity index (χ0n) is 40.4. The number of ether oxygens (including phenoxy) is 2. The molecule has 9 nitrogen and oxygen atoms in total. The Kier molecular flexibility index (Phi) is 41.2. The van der Waals surface area contributed by atoms with Crippen molar-refractivity contribution in [3.63, 3.8) is 0 Å². The third-order valence-corrected chi connectivity index (χ3v) is 12.8. The maximum absolute atomic E-state index is 13.0. The van der Waals surface area contributed by atoms with Crippen molar-refractivity contribution in [2.24, 2.45) is 0 Å². The van der Waals surface area contributed by atoms with Gasteiger partial charge < -0.3 is 40.3 Å². The highest BCUT2D eigenvalue weighted by atomic mass is 16.7. The van der Waals surface area contributed by atoms with Crippen molar-refractivity contribution in [1.29, 1.82) is 0 Å². The van der Waals surface area contributed by atoms with E-state index in [0.29, 0.717) is 12.8 Å². The first-order chi connectivity index (χ1) is 30.3. The van der Waals surface area contributed by atoms with Gasteiger partial charge in [0.25, 0.3) is 0 Å². The van der Waals surface area contributed by atoms with Gasteiger partial charge >= 0.3 is 0 Å². The molecule has 1 amide bonds. The van der Waals surface area contributed by atoms with Gasteiger partial charge in [-0.1, -0.05) is 224 Å². The second kappa shape index (κ2) is 43.6. The lowest BCUT2D eigenvalue weighted by Gasteiger charge is -2.40. The highest BCUT2D eigenvalue weighted by Crippen LogP contribution is 2.23. The van der Waals surface area contributed by atoms with Crippen molar-refractivity contribution in [3.8, 4) is 0 Å². The van der Waals surface area contributed by atoms with Gasteiger partial charge in [0.05, 0.1) is 25.4 Å². The Morgan fingerprint density at radius 1 is 0.548 bits per heavy atom. The van der Waals surface area contributed by atoms with Gasteiger partial charge in [-0.15, -0.1) is 0 Å². The Morgan fingerprint density at radius 2 is 0.952 bits per heavy atom. The second-order valence-electron chi connectivity index (χ2n) is 18.7. The summed E-state index contributed by atoms with van der Waals surface area (Å²) in [6.07, 6.45) is 46.2. The van der Waals surface area contributed by atoms with Gasteiger partial charge in [0.15, 0.2) is 6.29 Å². The molecule has 0 bridgehead atoms. The molecule has 0 saturated carbocycles. The fraction of sp³-hybridized carbons (Fsp3) is 0.906. The van der Waals surface area contributed by atoms with Crippen LogP contribution in [0.2, 0.25) is 0 Å². The number of aliphatic hydroxyl groups is 5. The number of allylic oxidation sites excluding steroid dienone is 4. The fourth-order valence-electron chi connectivity index (χ4n) is 8.55. The quantitative estimate of drug-likeness (QED) is 0.0262. The molecule has 1 rings (SSSR count). The average Bonchev–Trinajstić information content (AvgIpc) is 3.27. The molecular formula is C53H101NO8. The number of carbonyl (C=O) groups is 1. The SMILES string of the molecule is CCCCC/C=C\C/C=C\CCCCCCCCCC(=O)NC(COC1OC(CO)C(O)C(O)C1O)C(O)CCCCCCCCCCCCCCCCCCCCCCCC. The van der Waals surface area contributed by atoms with Crippen molar-refractivity contribution < 1.29 is 39.8 Å². The number of amides is 1. The van der Waals surface area contributed by atoms with Crippen LogP contribution in [0.4, 0.5) is 0 Å². The summed E-state index contributed by atoms with van der Waals surface area (Å²) in [6, 6.07) is -0.722. The number of nitrogens with one attached hydrogen (secondary N) is 1. The van der Waals surface area contributed by atoms with Crippen LogP contribution in [0.1, 0.15) is 251 Å². The van der Waals surface area contributed by atoms with Crippen LogP contribution in [0.25, 0.3) is 0 Å². The third-order valence-electron chi connectivity index (χ3n) is 12.8. The number of hydrogen-bond acceptors (Lipinski definition) is 8. The molecule has 7 unspecified atom stereocenters. The van der Waals surface area contributed by atoms with E-state index in [1.54, 1.807) is 0 Å². The Hall–Kier alpha value is -1.33. The normalized spacial score (nSPS) is 20.4. The summed E-state index contributed by atoms with van der Waals surface area (Å²) >= 11 is 0. The molecule has 1 aliphatic rings. The first-order valence-corrected chi connectivity index (χ1v) is 26.5. The summed E-state index contributed by atoms with van der Waals surface area (Å²) in [5.74, 6) is -0.150. The zero-order valence-corrected chi connectivity index (χ0v) is 40.4. The minimum absolute atomic E-state index is 0.139. The van der Waals surface area contributed by atoms with Gasteiger partial charge in [-0.3, -0.25) is 4.79 Å². The Labute approximate surface area is 381 Å². The lowest BCUT2D eigenvalue weighted by atomic mass is 9.99. The van der Waals surface area contributed by atoms with Gasteiger partial charge in [-0.25, -0.2) is 0 Å². The molecule has 366 valence electrons. The first kappa shape index (κ1) is 58.7. The van der Waals surface area contributed by atoms with E-state index in [1.165, 1.54) is 173 Å². The highest BCUT2D eigenvalue weighted by Gasteiger charge is 2.44. The summed E-state index contributed by atoms with van der Waals surface area (Å²) in [4.78, 5) is 13.0. The van der Waals surface area contributed by atoms with E-state index in [0.717, 1.165) is 51.4 Å². The predicted octanol–water partition coefficient (Wildman–Crippen LogP) is 12.2. The van der Waals surface area contributed by atoms with Crippen molar-refractivity contribution >= 4 is 5.91 Å². The maximum atomic E-state index is 13.0. The van der Waals surface area contributed by atoms with E-state index >= 15 is 0 Å². The average molecular weight is 880 g/mol. The molecule has 1 heterocycles. The van der Waals surface area contributed by atoms with E-state index in [1.807, 2.05) is 0 Å². The molecule has 0 aliphatic carbocycles. The van der Waals surface area contributed by atoms with Gasteiger partial charge in [0, 0.05) is 6.42 Å². The molecule has 1 aliphatic heterocycles. The smallest absolute Gasteiger partial charge is 0.220 e. The van der Waals surface area contributed by atoms with Crippen molar-refractivity contribution in [2.75, 3.05) is 13.2 Å². The minimum atomic E-state index is -1.55. The van der Waals surface area contributed by atoms with E-state index in [-0.39, 0.29) is 12.5 Å². The monoisotopic (exact) mass is 880 g/mol. The number of aliphatic hydroxyl groups excluding tert-OH is 5. The van der Waals surface area contributed by atoms with E-state index < -0.39 is 49.5 Å². The molecule has 0 spiro atoms. The largest absolute Gasteiger partial charge is 0.394 e. The van der Waals surface area contributed by atoms with Gasteiger partial charge in [-0.05, 0) is 44.9 Å². The highest BCUT2D eigenvalue weighted by molar-refractivity contribution is 5.76. The maximum Gasteiger partial charge on any atom is 0.220 e. The molecule has 1 saturated heterocycles. The molecule has 0 aromatic carbocycles. The number of hydrogen-bond donors (Lipinski definition) is 6. The molecule has 7 atom stereocenters. The van der Waals surface area contributed by atoms with Crippen molar-refractivity contribution in [2.45, 2.75) is 294 Å². The van der Waals surface area contributed by atoms with E-state index in [9.17, 15) is 30.3 Å². The topological polar surface area (TPSA) is 149 Å². The molecule has 6 N–H and O–H groups in total. The predicted molar refractivity (Wildman–Crippen MR) is 258 cm³/mol. The van der Waals surface area contributed by atoms with Crippen LogP contribution >= 0.6 is 0 Å². The molecule has 9 heteroatoms. The molecule has 0 aromatic heterocycles. The molecule has 0 radical (unpaired) electrons. The summed E-state index contributed by atoms with van der Waals surface area (Å²) < 4.78 is 11.3. The van der Waals surface area contributed by atoms with Gasteiger partial charge in [0.1, 0.15) is 24.4 Å². The third kappa shape index (κ3) is 33.2. The van der Waals surface area contributed by atoms with E-state index in [2.05, 4.69) is 43.5 Å². The van der Waals surface area contributed by atoms with Crippen LogP contribution in [0.5, 0.6) is 0 Å². The Balaban J connectivity index is 2.25. The minimum Gasteiger partial charge on any atom is -0.394 e. The first-order valence-electron chi connectivity index (χ1n) is 26.5. The second-order valence-corrected chi connectivity index (χ2v) is 18.7. The summed E-state index contributed by atoms with van der Waals surface area (Å²) in [7, 11) is 0. The molecule has 1 fully saturated rings. The Bertz CT molecular complexity index is 1020. The fourth-order valence-corrected chi connectivity index (χ4v) is 8.55. The summed E-state index contributed by atoms with van der Waals surface area (Å²) in [5.41, 5.74) is 0. The van der Waals surface area contributed by atoms with Crippen LogP contribution in [0.3, 0.4) is 0 Å². The van der Waals surface area contributed by atoms with Crippen LogP contribution in [0, 0.1) is 0 Å². The molecule has 0 aromatic rings. The summed E-state index contributed by atoms with van der Waals surface area (Å²) in [5, 5.41) is 54.6. The van der Waals surface area contributed by atoms with Gasteiger partial charge in [-0.2, -0.15) is 0 Å². The standard InChI is InChI=1S/C53H101NO8/c1-3-5-7-9-11-13-15-17-19-21-22-23-24-25-27-28-30-32-34-36-38-40-42-47(56)46(45-61-53-52(60)51(59)50(58)48(44-55)62-53)54-49(57)43-41-39-37-35-33-31-29-26-20-18-16-14-12-10-8-6-4-2/h12,14,18,20,46-48,50-53,55-56,58-60H,3-11,13,15-17,19,21-45H2,1-2H3,(H,54,57)/b14-12-,20-18-. The number of carbonyl (C=O) groups excluding carboxylic acids is 1. The van der Waals surface area contributed by atoms with Crippen molar-refractivity contribution in [1.82, 2.24) is 5.32 Å².